The smallest absolute Gasteiger partial charge is 0.0254 e. The van der Waals surface area contributed by atoms with Crippen molar-refractivity contribution in [2.24, 2.45) is 11.8 Å². The van der Waals surface area contributed by atoms with Gasteiger partial charge in [-0.15, -0.1) is 0 Å². The molecule has 0 unspecified atom stereocenters. The average Bonchev–Trinajstić information content (AvgIpc) is 2.18. The summed E-state index contributed by atoms with van der Waals surface area (Å²) in [4.78, 5) is 0. The molecule has 0 aliphatic heterocycles. The molecule has 0 nitrogen and oxygen atoms in total. The van der Waals surface area contributed by atoms with E-state index in [0.717, 1.165) is 17.4 Å². The third-order valence-corrected chi connectivity index (χ3v) is 3.42. The van der Waals surface area contributed by atoms with E-state index in [0.29, 0.717) is 0 Å². The van der Waals surface area contributed by atoms with Gasteiger partial charge in [-0.2, -0.15) is 0 Å². The fourth-order valence-electron chi connectivity index (χ4n) is 2.36. The van der Waals surface area contributed by atoms with Crippen molar-refractivity contribution in [2.45, 2.75) is 46.0 Å². The highest BCUT2D eigenvalue weighted by molar-refractivity contribution is 5.23. The number of rotatable bonds is 4. The Bertz CT molecular complexity index is 257. The van der Waals surface area contributed by atoms with Gasteiger partial charge in [-0.05, 0) is 31.6 Å². The van der Waals surface area contributed by atoms with E-state index in [9.17, 15) is 0 Å². The van der Waals surface area contributed by atoms with E-state index >= 15 is 0 Å². The highest BCUT2D eigenvalue weighted by Crippen LogP contribution is 2.33. The summed E-state index contributed by atoms with van der Waals surface area (Å²) in [5.41, 5.74) is 2.37. The Kier molecular flexibility index (Phi) is 4.87. The Hall–Kier alpha value is -0.780. The van der Waals surface area contributed by atoms with Crippen molar-refractivity contribution in [1.82, 2.24) is 0 Å². The van der Waals surface area contributed by atoms with Gasteiger partial charge in [0.05, 0.1) is 0 Å². The SMILES string of the molecule is C=C(C)/C=C\C(=C)C[C@@H]1CCCC[C@@H]1C. The van der Waals surface area contributed by atoms with Crippen LogP contribution in [0.4, 0.5) is 0 Å². The Morgan fingerprint density at radius 3 is 2.47 bits per heavy atom. The quantitative estimate of drug-likeness (QED) is 0.572. The third kappa shape index (κ3) is 4.51. The lowest BCUT2D eigenvalue weighted by Gasteiger charge is -2.28. The zero-order chi connectivity index (χ0) is 11.3. The fourth-order valence-corrected chi connectivity index (χ4v) is 2.36. The third-order valence-electron chi connectivity index (χ3n) is 3.42. The van der Waals surface area contributed by atoms with E-state index in [2.05, 4.69) is 32.2 Å². The summed E-state index contributed by atoms with van der Waals surface area (Å²) in [6.45, 7) is 12.4. The van der Waals surface area contributed by atoms with Crippen LogP contribution in [-0.4, -0.2) is 0 Å². The molecule has 0 N–H and O–H groups in total. The molecule has 0 heterocycles. The zero-order valence-electron chi connectivity index (χ0n) is 10.3. The van der Waals surface area contributed by atoms with Gasteiger partial charge in [0.2, 0.25) is 0 Å². The summed E-state index contributed by atoms with van der Waals surface area (Å²) in [5.74, 6) is 1.75. The van der Waals surface area contributed by atoms with Crippen LogP contribution in [0.2, 0.25) is 0 Å². The maximum atomic E-state index is 4.13. The van der Waals surface area contributed by atoms with Crippen molar-refractivity contribution in [3.05, 3.63) is 36.5 Å². The van der Waals surface area contributed by atoms with Crippen LogP contribution in [0.1, 0.15) is 46.0 Å². The summed E-state index contributed by atoms with van der Waals surface area (Å²) in [5, 5.41) is 0. The summed E-state index contributed by atoms with van der Waals surface area (Å²) in [6.07, 6.45) is 11.0. The molecule has 0 aromatic carbocycles. The highest BCUT2D eigenvalue weighted by atomic mass is 14.3. The van der Waals surface area contributed by atoms with Crippen LogP contribution in [0.5, 0.6) is 0 Å². The van der Waals surface area contributed by atoms with Gasteiger partial charge in [-0.1, -0.05) is 62.6 Å². The molecular formula is C15H24. The van der Waals surface area contributed by atoms with E-state index in [-0.39, 0.29) is 0 Å². The summed E-state index contributed by atoms with van der Waals surface area (Å²) < 4.78 is 0. The minimum Gasteiger partial charge on any atom is -0.0961 e. The first-order valence-electron chi connectivity index (χ1n) is 6.11. The molecule has 1 aliphatic carbocycles. The molecule has 0 heteroatoms. The Labute approximate surface area is 94.8 Å². The molecule has 1 saturated carbocycles. The Morgan fingerprint density at radius 1 is 1.20 bits per heavy atom. The van der Waals surface area contributed by atoms with Crippen molar-refractivity contribution >= 4 is 0 Å². The molecule has 0 saturated heterocycles. The van der Waals surface area contributed by atoms with Gasteiger partial charge in [0.15, 0.2) is 0 Å². The van der Waals surface area contributed by atoms with Gasteiger partial charge in [-0.25, -0.2) is 0 Å². The number of allylic oxidation sites excluding steroid dienone is 4. The van der Waals surface area contributed by atoms with Crippen molar-refractivity contribution in [2.75, 3.05) is 0 Å². The lowest BCUT2D eigenvalue weighted by Crippen LogP contribution is -2.16. The molecule has 0 aromatic rings. The first-order chi connectivity index (χ1) is 7.09. The minimum atomic E-state index is 0.862. The van der Waals surface area contributed by atoms with Crippen LogP contribution in [-0.2, 0) is 0 Å². The maximum Gasteiger partial charge on any atom is -0.0254 e. The molecule has 0 radical (unpaired) electrons. The predicted octanol–water partition coefficient (Wildman–Crippen LogP) is 4.89. The molecule has 0 bridgehead atoms. The molecule has 1 fully saturated rings. The van der Waals surface area contributed by atoms with E-state index in [1.165, 1.54) is 37.7 Å². The second-order valence-corrected chi connectivity index (χ2v) is 5.06. The average molecular weight is 204 g/mol. The lowest BCUT2D eigenvalue weighted by atomic mass is 9.77. The van der Waals surface area contributed by atoms with Crippen LogP contribution in [0, 0.1) is 11.8 Å². The maximum absolute atomic E-state index is 4.13. The molecule has 0 spiro atoms. The van der Waals surface area contributed by atoms with Gasteiger partial charge in [-0.3, -0.25) is 0 Å². The second-order valence-electron chi connectivity index (χ2n) is 5.06. The molecule has 0 amide bonds. The van der Waals surface area contributed by atoms with Gasteiger partial charge in [0.25, 0.3) is 0 Å². The van der Waals surface area contributed by atoms with Gasteiger partial charge >= 0.3 is 0 Å². The molecular weight excluding hydrogens is 180 g/mol. The van der Waals surface area contributed by atoms with Crippen molar-refractivity contribution in [3.63, 3.8) is 0 Å². The largest absolute Gasteiger partial charge is 0.0961 e. The van der Waals surface area contributed by atoms with Crippen LogP contribution in [0.25, 0.3) is 0 Å². The van der Waals surface area contributed by atoms with Gasteiger partial charge < -0.3 is 0 Å². The fraction of sp³-hybridized carbons (Fsp3) is 0.600. The van der Waals surface area contributed by atoms with E-state index in [1.54, 1.807) is 0 Å². The first-order valence-corrected chi connectivity index (χ1v) is 6.11. The molecule has 1 rings (SSSR count). The van der Waals surface area contributed by atoms with Gasteiger partial charge in [0, 0.05) is 0 Å². The van der Waals surface area contributed by atoms with E-state index in [4.69, 9.17) is 0 Å². The Balaban J connectivity index is 2.39. The molecule has 84 valence electrons. The summed E-state index contributed by atoms with van der Waals surface area (Å²) in [6, 6.07) is 0. The van der Waals surface area contributed by atoms with Crippen LogP contribution < -0.4 is 0 Å². The predicted molar refractivity (Wildman–Crippen MR) is 68.8 cm³/mol. The zero-order valence-corrected chi connectivity index (χ0v) is 10.3. The number of hydrogen-bond donors (Lipinski definition) is 0. The molecule has 0 aromatic heterocycles. The van der Waals surface area contributed by atoms with Crippen LogP contribution >= 0.6 is 0 Å². The minimum absolute atomic E-state index is 0.862. The second kappa shape index (κ2) is 5.95. The number of hydrogen-bond acceptors (Lipinski definition) is 0. The summed E-state index contributed by atoms with van der Waals surface area (Å²) in [7, 11) is 0. The van der Waals surface area contributed by atoms with E-state index in [1.807, 2.05) is 6.92 Å². The first kappa shape index (κ1) is 12.3. The molecule has 2 atom stereocenters. The van der Waals surface area contributed by atoms with Crippen LogP contribution in [0.15, 0.2) is 36.5 Å². The van der Waals surface area contributed by atoms with Crippen molar-refractivity contribution < 1.29 is 0 Å². The normalized spacial score (nSPS) is 26.8. The standard InChI is InChI=1S/C15H24/c1-12(2)9-10-13(3)11-15-8-6-5-7-14(15)4/h9-10,14-15H,1,3,5-8,11H2,2,4H3/b10-9-/t14-,15-/m0/s1. The lowest BCUT2D eigenvalue weighted by molar-refractivity contribution is 0.256. The van der Waals surface area contributed by atoms with Crippen molar-refractivity contribution in [3.8, 4) is 0 Å². The monoisotopic (exact) mass is 204 g/mol. The van der Waals surface area contributed by atoms with Crippen molar-refractivity contribution in [1.29, 1.82) is 0 Å². The van der Waals surface area contributed by atoms with E-state index < -0.39 is 0 Å². The van der Waals surface area contributed by atoms with Crippen LogP contribution in [0.3, 0.4) is 0 Å². The Morgan fingerprint density at radius 2 is 1.87 bits per heavy atom. The topological polar surface area (TPSA) is 0 Å². The molecule has 15 heavy (non-hydrogen) atoms. The highest BCUT2D eigenvalue weighted by Gasteiger charge is 2.20. The summed E-state index contributed by atoms with van der Waals surface area (Å²) >= 11 is 0. The van der Waals surface area contributed by atoms with Gasteiger partial charge in [0.1, 0.15) is 0 Å². The molecule has 1 aliphatic rings.